The zero-order chi connectivity index (χ0) is 20.1. The van der Waals surface area contributed by atoms with Crippen molar-refractivity contribution in [1.29, 1.82) is 0 Å². The summed E-state index contributed by atoms with van der Waals surface area (Å²) in [6.45, 7) is 6.83. The molecule has 0 aliphatic carbocycles. The second-order valence-electron chi connectivity index (χ2n) is 8.46. The van der Waals surface area contributed by atoms with E-state index in [0.29, 0.717) is 25.0 Å². The van der Waals surface area contributed by atoms with Crippen molar-refractivity contribution in [3.8, 4) is 0 Å². The molecule has 0 bridgehead atoms. The Morgan fingerprint density at radius 2 is 2.00 bits per heavy atom. The number of rotatable bonds is 2. The van der Waals surface area contributed by atoms with Crippen LogP contribution < -0.4 is 0 Å². The molecular weight excluding hydrogens is 378 g/mol. The quantitative estimate of drug-likeness (QED) is 0.770. The Labute approximate surface area is 165 Å². The summed E-state index contributed by atoms with van der Waals surface area (Å²) < 4.78 is 33.7. The maximum absolute atomic E-state index is 13.4. The number of pyridine rings is 1. The molecule has 0 radical (unpaired) electrons. The van der Waals surface area contributed by atoms with Crippen LogP contribution in [0.2, 0.25) is 0 Å². The zero-order valence-electron chi connectivity index (χ0n) is 16.3. The summed E-state index contributed by atoms with van der Waals surface area (Å²) in [5.74, 6) is 0.138. The van der Waals surface area contributed by atoms with Crippen LogP contribution >= 0.6 is 0 Å². The first kappa shape index (κ1) is 19.1. The number of amides is 1. The molecule has 3 heterocycles. The van der Waals surface area contributed by atoms with Crippen LogP contribution in [-0.2, 0) is 14.8 Å². The van der Waals surface area contributed by atoms with E-state index in [9.17, 15) is 13.2 Å². The summed E-state index contributed by atoms with van der Waals surface area (Å²) in [6, 6.07) is 6.82. The molecule has 0 spiro atoms. The fourth-order valence-corrected chi connectivity index (χ4v) is 5.85. The van der Waals surface area contributed by atoms with Crippen molar-refractivity contribution in [1.82, 2.24) is 14.2 Å². The van der Waals surface area contributed by atoms with Crippen molar-refractivity contribution < 1.29 is 17.9 Å². The Kier molecular flexibility index (Phi) is 4.58. The van der Waals surface area contributed by atoms with E-state index in [-0.39, 0.29) is 22.9 Å². The van der Waals surface area contributed by atoms with Crippen molar-refractivity contribution >= 4 is 26.9 Å². The lowest BCUT2D eigenvalue weighted by Gasteiger charge is -2.28. The third kappa shape index (κ3) is 3.35. The summed E-state index contributed by atoms with van der Waals surface area (Å²) in [7, 11) is -3.66. The normalized spacial score (nSPS) is 23.2. The van der Waals surface area contributed by atoms with Gasteiger partial charge in [-0.2, -0.15) is 4.31 Å². The number of sulfonamides is 1. The highest BCUT2D eigenvalue weighted by atomic mass is 32.2. The number of benzene rings is 1. The molecule has 2 aromatic rings. The maximum atomic E-state index is 13.4. The van der Waals surface area contributed by atoms with Gasteiger partial charge in [-0.25, -0.2) is 13.2 Å². The van der Waals surface area contributed by atoms with Gasteiger partial charge in [0.2, 0.25) is 10.0 Å². The van der Waals surface area contributed by atoms with Gasteiger partial charge in [-0.1, -0.05) is 12.1 Å². The number of carbonyl (C=O) groups excluding carboxylic acids is 1. The van der Waals surface area contributed by atoms with Crippen molar-refractivity contribution in [2.45, 2.75) is 43.7 Å². The number of aromatic nitrogens is 1. The molecular formula is C20H25N3O4S. The average Bonchev–Trinajstić information content (AvgIpc) is 3.20. The molecule has 2 fully saturated rings. The molecule has 0 unspecified atom stereocenters. The molecule has 2 saturated heterocycles. The van der Waals surface area contributed by atoms with Gasteiger partial charge in [0.05, 0.1) is 10.9 Å². The van der Waals surface area contributed by atoms with Gasteiger partial charge < -0.3 is 9.64 Å². The average molecular weight is 404 g/mol. The van der Waals surface area contributed by atoms with Crippen LogP contribution in [0.4, 0.5) is 4.79 Å². The first-order valence-electron chi connectivity index (χ1n) is 9.49. The highest BCUT2D eigenvalue weighted by molar-refractivity contribution is 7.89. The lowest BCUT2D eigenvalue weighted by atomic mass is 10.1. The first-order chi connectivity index (χ1) is 13.2. The summed E-state index contributed by atoms with van der Waals surface area (Å²) in [5, 5.41) is 1.46. The van der Waals surface area contributed by atoms with Gasteiger partial charge in [0, 0.05) is 42.8 Å². The van der Waals surface area contributed by atoms with Crippen LogP contribution in [0.3, 0.4) is 0 Å². The fourth-order valence-electron chi connectivity index (χ4n) is 4.12. The van der Waals surface area contributed by atoms with Gasteiger partial charge >= 0.3 is 6.09 Å². The molecule has 0 N–H and O–H groups in total. The Hall–Kier alpha value is -2.19. The molecule has 7 nitrogen and oxygen atoms in total. The van der Waals surface area contributed by atoms with E-state index in [1.54, 1.807) is 35.5 Å². The molecule has 1 aromatic heterocycles. The van der Waals surface area contributed by atoms with Gasteiger partial charge in [-0.3, -0.25) is 4.98 Å². The molecule has 8 heteroatoms. The minimum absolute atomic E-state index is 0.138. The molecule has 0 saturated carbocycles. The minimum Gasteiger partial charge on any atom is -0.444 e. The Bertz CT molecular complexity index is 1010. The zero-order valence-corrected chi connectivity index (χ0v) is 17.1. The predicted octanol–water partition coefficient (Wildman–Crippen LogP) is 2.86. The van der Waals surface area contributed by atoms with Crippen LogP contribution in [0.15, 0.2) is 41.6 Å². The van der Waals surface area contributed by atoms with Crippen molar-refractivity contribution in [2.24, 2.45) is 5.92 Å². The van der Waals surface area contributed by atoms with E-state index >= 15 is 0 Å². The van der Waals surface area contributed by atoms with E-state index in [4.69, 9.17) is 4.74 Å². The summed E-state index contributed by atoms with van der Waals surface area (Å²) >= 11 is 0. The number of fused-ring (bicyclic) bond motifs is 2. The summed E-state index contributed by atoms with van der Waals surface area (Å²) in [6.07, 6.45) is 3.69. The Morgan fingerprint density at radius 1 is 1.21 bits per heavy atom. The molecule has 150 valence electrons. The van der Waals surface area contributed by atoms with Crippen molar-refractivity contribution in [3.05, 3.63) is 36.7 Å². The fraction of sp³-hybridized carbons (Fsp3) is 0.500. The van der Waals surface area contributed by atoms with Gasteiger partial charge in [-0.15, -0.1) is 0 Å². The molecule has 2 atom stereocenters. The summed E-state index contributed by atoms with van der Waals surface area (Å²) in [4.78, 5) is 18.6. The number of nitrogens with zero attached hydrogens (tertiary/aromatic N) is 3. The van der Waals surface area contributed by atoms with E-state index in [2.05, 4.69) is 4.98 Å². The third-order valence-corrected chi connectivity index (χ3v) is 7.29. The number of ether oxygens (including phenoxy) is 1. The maximum Gasteiger partial charge on any atom is 0.410 e. The molecule has 4 rings (SSSR count). The minimum atomic E-state index is -3.66. The molecule has 1 amide bonds. The number of likely N-dealkylation sites (tertiary alicyclic amines) is 1. The van der Waals surface area contributed by atoms with Crippen molar-refractivity contribution in [3.63, 3.8) is 0 Å². The lowest BCUT2D eigenvalue weighted by molar-refractivity contribution is 0.0223. The van der Waals surface area contributed by atoms with Gasteiger partial charge in [0.25, 0.3) is 0 Å². The van der Waals surface area contributed by atoms with Gasteiger partial charge in [0.1, 0.15) is 5.60 Å². The van der Waals surface area contributed by atoms with Crippen LogP contribution in [0.25, 0.3) is 10.8 Å². The van der Waals surface area contributed by atoms with Crippen LogP contribution in [-0.4, -0.2) is 60.0 Å². The molecule has 1 aromatic carbocycles. The third-order valence-electron chi connectivity index (χ3n) is 5.40. The molecule has 2 aliphatic rings. The van der Waals surface area contributed by atoms with Crippen molar-refractivity contribution in [2.75, 3.05) is 19.6 Å². The number of hydrogen-bond acceptors (Lipinski definition) is 5. The Morgan fingerprint density at radius 3 is 2.75 bits per heavy atom. The van der Waals surface area contributed by atoms with Crippen LogP contribution in [0, 0.1) is 5.92 Å². The standard InChI is InChI=1S/C20H25N3O4S/c1-20(2,3)27-19(24)23-10-8-15-12-22(13-17(15)23)28(25,26)18-6-4-5-14-11-21-9-7-16(14)18/h4-7,9,11,15,17H,8,10,12-13H2,1-3H3/t15-,17+/m0/s1. The second-order valence-corrected chi connectivity index (χ2v) is 10.4. The van der Waals surface area contributed by atoms with E-state index in [1.165, 1.54) is 4.31 Å². The SMILES string of the molecule is CC(C)(C)OC(=O)N1CC[C@H]2CN(S(=O)(=O)c3cccc4cnccc34)C[C@H]21. The second kappa shape index (κ2) is 6.70. The first-order valence-corrected chi connectivity index (χ1v) is 10.9. The lowest BCUT2D eigenvalue weighted by Crippen LogP contribution is -2.43. The monoisotopic (exact) mass is 403 g/mol. The topological polar surface area (TPSA) is 79.8 Å². The van der Waals surface area contributed by atoms with E-state index in [1.807, 2.05) is 26.8 Å². The molecule has 2 aliphatic heterocycles. The highest BCUT2D eigenvalue weighted by Gasteiger charge is 2.48. The highest BCUT2D eigenvalue weighted by Crippen LogP contribution is 2.36. The van der Waals surface area contributed by atoms with Crippen LogP contribution in [0.1, 0.15) is 27.2 Å². The predicted molar refractivity (Wildman–Crippen MR) is 105 cm³/mol. The number of hydrogen-bond donors (Lipinski definition) is 0. The summed E-state index contributed by atoms with van der Waals surface area (Å²) in [5.41, 5.74) is -0.573. The Balaban J connectivity index is 1.59. The number of carbonyl (C=O) groups is 1. The molecule has 28 heavy (non-hydrogen) atoms. The van der Waals surface area contributed by atoms with E-state index in [0.717, 1.165) is 11.8 Å². The largest absolute Gasteiger partial charge is 0.444 e. The van der Waals surface area contributed by atoms with Crippen LogP contribution in [0.5, 0.6) is 0 Å². The van der Waals surface area contributed by atoms with Gasteiger partial charge in [0.15, 0.2) is 0 Å². The van der Waals surface area contributed by atoms with Gasteiger partial charge in [-0.05, 0) is 45.2 Å². The smallest absolute Gasteiger partial charge is 0.410 e. The van der Waals surface area contributed by atoms with E-state index < -0.39 is 15.6 Å².